The van der Waals surface area contributed by atoms with Crippen molar-refractivity contribution < 1.29 is 4.79 Å². The molecule has 2 rings (SSSR count). The number of hydrogen-bond donors (Lipinski definition) is 2. The smallest absolute Gasteiger partial charge is 0.220 e. The van der Waals surface area contributed by atoms with E-state index in [4.69, 9.17) is 0 Å². The predicted octanol–water partition coefficient (Wildman–Crippen LogP) is 1.97. The number of piperidine rings is 1. The lowest BCUT2D eigenvalue weighted by Gasteiger charge is -2.23. The van der Waals surface area contributed by atoms with Crippen molar-refractivity contribution >= 4 is 37.8 Å². The summed E-state index contributed by atoms with van der Waals surface area (Å²) in [6.45, 7) is 1.40. The van der Waals surface area contributed by atoms with Crippen molar-refractivity contribution in [3.8, 4) is 0 Å². The minimum absolute atomic E-state index is 0.144. The average Bonchev–Trinajstić information content (AvgIpc) is 2.30. The van der Waals surface area contributed by atoms with E-state index in [1.165, 1.54) is 0 Å². The number of amides is 1. The van der Waals surface area contributed by atoms with Gasteiger partial charge in [0, 0.05) is 40.7 Å². The maximum atomic E-state index is 11.0. The molecule has 1 aliphatic rings. The number of nitrogens with zero attached hydrogens (tertiary/aromatic N) is 1. The summed E-state index contributed by atoms with van der Waals surface area (Å²) < 4.78 is 1.94. The van der Waals surface area contributed by atoms with Crippen LogP contribution in [-0.2, 0) is 11.3 Å². The molecule has 0 aromatic carbocycles. The van der Waals surface area contributed by atoms with Crippen LogP contribution in [-0.4, -0.2) is 23.5 Å². The molecule has 2 N–H and O–H groups in total. The highest BCUT2D eigenvalue weighted by Crippen LogP contribution is 2.19. The zero-order valence-electron chi connectivity index (χ0n) is 9.17. The fourth-order valence-corrected chi connectivity index (χ4v) is 2.85. The summed E-state index contributed by atoms with van der Waals surface area (Å²) in [6.07, 6.45) is 3.27. The van der Waals surface area contributed by atoms with Gasteiger partial charge >= 0.3 is 0 Å². The molecule has 1 aromatic heterocycles. The first-order valence-corrected chi connectivity index (χ1v) is 7.04. The van der Waals surface area contributed by atoms with Crippen molar-refractivity contribution in [3.63, 3.8) is 0 Å². The number of hydrogen-bond acceptors (Lipinski definition) is 3. The lowest BCUT2D eigenvalue weighted by atomic mass is 10.1. The van der Waals surface area contributed by atoms with Gasteiger partial charge in [0.2, 0.25) is 5.91 Å². The summed E-state index contributed by atoms with van der Waals surface area (Å²) in [4.78, 5) is 15.3. The molecule has 1 amide bonds. The van der Waals surface area contributed by atoms with Crippen LogP contribution in [0.3, 0.4) is 0 Å². The number of aromatic nitrogens is 1. The average molecular weight is 363 g/mol. The van der Waals surface area contributed by atoms with Gasteiger partial charge in [-0.25, -0.2) is 0 Å². The van der Waals surface area contributed by atoms with Gasteiger partial charge in [-0.1, -0.05) is 0 Å². The molecule has 1 fully saturated rings. The molecule has 1 unspecified atom stereocenters. The van der Waals surface area contributed by atoms with Crippen molar-refractivity contribution in [1.82, 2.24) is 15.6 Å². The minimum Gasteiger partial charge on any atom is -0.355 e. The first-order chi connectivity index (χ1) is 8.15. The van der Waals surface area contributed by atoms with E-state index in [2.05, 4.69) is 47.5 Å². The fourth-order valence-electron chi connectivity index (χ4n) is 1.72. The monoisotopic (exact) mass is 361 g/mol. The first kappa shape index (κ1) is 13.0. The summed E-state index contributed by atoms with van der Waals surface area (Å²) in [5, 5.41) is 6.25. The minimum atomic E-state index is 0.144. The highest BCUT2D eigenvalue weighted by molar-refractivity contribution is 9.11. The van der Waals surface area contributed by atoms with Gasteiger partial charge < -0.3 is 10.6 Å². The van der Waals surface area contributed by atoms with Crippen LogP contribution in [0.1, 0.15) is 18.5 Å². The second kappa shape index (κ2) is 5.93. The SMILES string of the molecule is O=C1CCC(NCc2ncc(Br)cc2Br)CN1. The Balaban J connectivity index is 1.87. The Morgan fingerprint density at radius 1 is 1.53 bits per heavy atom. The molecule has 0 spiro atoms. The van der Waals surface area contributed by atoms with Gasteiger partial charge in [-0.2, -0.15) is 0 Å². The van der Waals surface area contributed by atoms with Crippen LogP contribution < -0.4 is 10.6 Å². The molecule has 6 heteroatoms. The molecule has 1 saturated heterocycles. The van der Waals surface area contributed by atoms with E-state index in [0.29, 0.717) is 25.6 Å². The van der Waals surface area contributed by atoms with Gasteiger partial charge in [0.05, 0.1) is 5.69 Å². The summed E-state index contributed by atoms with van der Waals surface area (Å²) in [5.74, 6) is 0.144. The normalized spacial score (nSPS) is 20.1. The second-order valence-corrected chi connectivity index (χ2v) is 5.77. The lowest BCUT2D eigenvalue weighted by Crippen LogP contribution is -2.45. The number of halogens is 2. The molecule has 1 atom stereocenters. The Kier molecular flexibility index (Phi) is 4.53. The van der Waals surface area contributed by atoms with E-state index in [1.807, 2.05) is 6.07 Å². The Hall–Kier alpha value is -0.460. The van der Waals surface area contributed by atoms with Crippen molar-refractivity contribution in [2.45, 2.75) is 25.4 Å². The van der Waals surface area contributed by atoms with E-state index < -0.39 is 0 Å². The molecule has 0 aliphatic carbocycles. The largest absolute Gasteiger partial charge is 0.355 e. The lowest BCUT2D eigenvalue weighted by molar-refractivity contribution is -0.122. The Bertz CT molecular complexity index is 415. The molecular formula is C11H13Br2N3O. The zero-order chi connectivity index (χ0) is 12.3. The third kappa shape index (κ3) is 3.76. The van der Waals surface area contributed by atoms with Crippen LogP contribution in [0, 0.1) is 0 Å². The van der Waals surface area contributed by atoms with E-state index in [-0.39, 0.29) is 5.91 Å². The van der Waals surface area contributed by atoms with Crippen molar-refractivity contribution in [2.75, 3.05) is 6.54 Å². The van der Waals surface area contributed by atoms with E-state index in [9.17, 15) is 4.79 Å². The molecule has 0 bridgehead atoms. The van der Waals surface area contributed by atoms with Crippen LogP contribution in [0.25, 0.3) is 0 Å². The van der Waals surface area contributed by atoms with Gasteiger partial charge in [0.25, 0.3) is 0 Å². The third-order valence-corrected chi connectivity index (χ3v) is 3.83. The molecule has 4 nitrogen and oxygen atoms in total. The highest BCUT2D eigenvalue weighted by atomic mass is 79.9. The fraction of sp³-hybridized carbons (Fsp3) is 0.455. The number of rotatable bonds is 3. The topological polar surface area (TPSA) is 54.0 Å². The van der Waals surface area contributed by atoms with Gasteiger partial charge in [-0.15, -0.1) is 0 Å². The summed E-state index contributed by atoms with van der Waals surface area (Å²) in [7, 11) is 0. The van der Waals surface area contributed by atoms with Crippen LogP contribution in [0.5, 0.6) is 0 Å². The maximum Gasteiger partial charge on any atom is 0.220 e. The zero-order valence-corrected chi connectivity index (χ0v) is 12.3. The summed E-state index contributed by atoms with van der Waals surface area (Å²) in [5.41, 5.74) is 0.977. The molecule has 0 saturated carbocycles. The Morgan fingerprint density at radius 2 is 2.35 bits per heavy atom. The van der Waals surface area contributed by atoms with E-state index >= 15 is 0 Å². The molecule has 2 heterocycles. The quantitative estimate of drug-likeness (QED) is 0.864. The van der Waals surface area contributed by atoms with E-state index in [1.54, 1.807) is 6.20 Å². The standard InChI is InChI=1S/C11H13Br2N3O/c12-7-3-9(13)10(15-4-7)6-14-8-1-2-11(17)16-5-8/h3-4,8,14H,1-2,5-6H2,(H,16,17). The molecular weight excluding hydrogens is 350 g/mol. The van der Waals surface area contributed by atoms with Crippen LogP contribution in [0.15, 0.2) is 21.2 Å². The van der Waals surface area contributed by atoms with Crippen molar-refractivity contribution in [1.29, 1.82) is 0 Å². The molecule has 17 heavy (non-hydrogen) atoms. The first-order valence-electron chi connectivity index (χ1n) is 5.45. The van der Waals surface area contributed by atoms with Gasteiger partial charge in [-0.3, -0.25) is 9.78 Å². The van der Waals surface area contributed by atoms with E-state index in [0.717, 1.165) is 21.1 Å². The summed E-state index contributed by atoms with van der Waals surface area (Å²) in [6, 6.07) is 2.32. The third-order valence-electron chi connectivity index (χ3n) is 2.71. The number of carbonyl (C=O) groups excluding carboxylic acids is 1. The van der Waals surface area contributed by atoms with Crippen LogP contribution in [0.4, 0.5) is 0 Å². The predicted molar refractivity (Wildman–Crippen MR) is 72.5 cm³/mol. The molecule has 1 aliphatic heterocycles. The van der Waals surface area contributed by atoms with Gasteiger partial charge in [0.1, 0.15) is 0 Å². The highest BCUT2D eigenvalue weighted by Gasteiger charge is 2.17. The molecule has 1 aromatic rings. The molecule has 92 valence electrons. The summed E-state index contributed by atoms with van der Waals surface area (Å²) >= 11 is 6.85. The van der Waals surface area contributed by atoms with Crippen molar-refractivity contribution in [2.24, 2.45) is 0 Å². The van der Waals surface area contributed by atoms with Crippen LogP contribution >= 0.6 is 31.9 Å². The second-order valence-electron chi connectivity index (χ2n) is 4.00. The number of pyridine rings is 1. The Morgan fingerprint density at radius 3 is 3.00 bits per heavy atom. The Labute approximate surface area is 117 Å². The van der Waals surface area contributed by atoms with Crippen LogP contribution in [0.2, 0.25) is 0 Å². The molecule has 0 radical (unpaired) electrons. The maximum absolute atomic E-state index is 11.0. The van der Waals surface area contributed by atoms with Gasteiger partial charge in [-0.05, 0) is 44.3 Å². The number of nitrogens with one attached hydrogen (secondary N) is 2. The van der Waals surface area contributed by atoms with Gasteiger partial charge in [0.15, 0.2) is 0 Å². The number of carbonyl (C=O) groups is 1. The van der Waals surface area contributed by atoms with Crippen molar-refractivity contribution in [3.05, 3.63) is 26.9 Å².